The molecule has 158 valence electrons. The third-order valence-electron chi connectivity index (χ3n) is 4.51. The van der Waals surface area contributed by atoms with E-state index < -0.39 is 9.84 Å². The first-order chi connectivity index (χ1) is 14.4. The third-order valence-corrected chi connectivity index (χ3v) is 5.64. The summed E-state index contributed by atoms with van der Waals surface area (Å²) in [6, 6.07) is 16.2. The second-order valence-electron chi connectivity index (χ2n) is 6.91. The molecule has 3 rings (SSSR count). The Morgan fingerprint density at radius 3 is 2.47 bits per heavy atom. The number of carbonyl (C=O) groups excluding carboxylic acids is 1. The molecule has 0 bridgehead atoms. The number of nitrogens with zero attached hydrogens (tertiary/aromatic N) is 2. The molecule has 1 N–H and O–H groups in total. The van der Waals surface area contributed by atoms with Crippen LogP contribution < -0.4 is 10.1 Å². The lowest BCUT2D eigenvalue weighted by molar-refractivity contribution is -0.121. The fraction of sp³-hybridized carbons (Fsp3) is 0.273. The quantitative estimate of drug-likeness (QED) is 0.503. The number of benzene rings is 2. The number of ether oxygens (including phenoxy) is 1. The van der Waals surface area contributed by atoms with Crippen molar-refractivity contribution in [3.8, 4) is 11.4 Å². The molecule has 8 heteroatoms. The molecule has 1 amide bonds. The molecule has 3 aromatic rings. The fourth-order valence-electron chi connectivity index (χ4n) is 2.88. The van der Waals surface area contributed by atoms with E-state index >= 15 is 0 Å². The van der Waals surface area contributed by atoms with E-state index in [4.69, 9.17) is 4.74 Å². The van der Waals surface area contributed by atoms with Crippen molar-refractivity contribution in [2.45, 2.75) is 24.2 Å². The van der Waals surface area contributed by atoms with Crippen LogP contribution in [0.4, 0.5) is 0 Å². The predicted molar refractivity (Wildman–Crippen MR) is 115 cm³/mol. The van der Waals surface area contributed by atoms with E-state index in [0.29, 0.717) is 31.7 Å². The number of carbonyl (C=O) groups is 1. The minimum absolute atomic E-state index is 0.0146. The number of hydrogen-bond acceptors (Lipinski definition) is 5. The molecule has 0 saturated heterocycles. The van der Waals surface area contributed by atoms with Crippen LogP contribution in [-0.2, 0) is 21.1 Å². The molecule has 1 aromatic heterocycles. The lowest BCUT2D eigenvalue weighted by atomic mass is 10.1. The first-order valence-corrected chi connectivity index (χ1v) is 11.6. The monoisotopic (exact) mass is 427 g/mol. The van der Waals surface area contributed by atoms with Crippen molar-refractivity contribution in [1.29, 1.82) is 0 Å². The Hall–Kier alpha value is -3.13. The Labute approximate surface area is 176 Å². The summed E-state index contributed by atoms with van der Waals surface area (Å²) < 4.78 is 30.2. The van der Waals surface area contributed by atoms with Gasteiger partial charge in [-0.25, -0.2) is 13.1 Å². The first-order valence-electron chi connectivity index (χ1n) is 9.70. The maximum Gasteiger partial charge on any atom is 0.220 e. The average molecular weight is 428 g/mol. The van der Waals surface area contributed by atoms with E-state index in [1.54, 1.807) is 23.0 Å². The summed E-state index contributed by atoms with van der Waals surface area (Å²) in [4.78, 5) is 12.2. The Kier molecular flexibility index (Phi) is 7.24. The van der Waals surface area contributed by atoms with E-state index in [2.05, 4.69) is 10.4 Å². The van der Waals surface area contributed by atoms with Crippen molar-refractivity contribution < 1.29 is 17.9 Å². The van der Waals surface area contributed by atoms with Crippen molar-refractivity contribution in [3.05, 3.63) is 72.6 Å². The highest BCUT2D eigenvalue weighted by Gasteiger charge is 2.07. The zero-order chi connectivity index (χ0) is 21.4. The van der Waals surface area contributed by atoms with E-state index in [-0.39, 0.29) is 10.8 Å². The molecule has 0 unspecified atom stereocenters. The largest absolute Gasteiger partial charge is 0.494 e. The van der Waals surface area contributed by atoms with Gasteiger partial charge in [-0.3, -0.25) is 4.79 Å². The zero-order valence-electron chi connectivity index (χ0n) is 16.8. The SMILES string of the molecule is CS(=O)(=O)c1ccc(OCCCC(=O)NCCc2ccc(-n3cccn3)cc2)cc1. The predicted octanol–water partition coefficient (Wildman–Crippen LogP) is 2.79. The maximum atomic E-state index is 12.0. The van der Waals surface area contributed by atoms with E-state index in [1.165, 1.54) is 12.1 Å². The van der Waals surface area contributed by atoms with Crippen LogP contribution in [-0.4, -0.2) is 43.5 Å². The van der Waals surface area contributed by atoms with Crippen molar-refractivity contribution in [2.24, 2.45) is 0 Å². The number of rotatable bonds is 10. The topological polar surface area (TPSA) is 90.3 Å². The molecule has 0 aliphatic rings. The number of sulfone groups is 1. The molecule has 0 saturated carbocycles. The van der Waals surface area contributed by atoms with Gasteiger partial charge in [-0.2, -0.15) is 5.10 Å². The van der Waals surface area contributed by atoms with Gasteiger partial charge in [-0.1, -0.05) is 12.1 Å². The van der Waals surface area contributed by atoms with E-state index in [0.717, 1.165) is 23.9 Å². The standard InChI is InChI=1S/C22H25N3O4S/c1-30(27,28)21-11-9-20(10-12-21)29-17-2-4-22(26)23-15-13-18-5-7-19(8-6-18)25-16-3-14-24-25/h3,5-12,14,16H,2,4,13,15,17H2,1H3,(H,23,26). The Morgan fingerprint density at radius 2 is 1.83 bits per heavy atom. The third kappa shape index (κ3) is 6.45. The van der Waals surface area contributed by atoms with Gasteiger partial charge in [0.1, 0.15) is 5.75 Å². The Balaban J connectivity index is 1.31. The summed E-state index contributed by atoms with van der Waals surface area (Å²) in [5.74, 6) is 0.570. The maximum absolute atomic E-state index is 12.0. The first kappa shape index (κ1) is 21.6. The molecule has 7 nitrogen and oxygen atoms in total. The number of aromatic nitrogens is 2. The van der Waals surface area contributed by atoms with Crippen LogP contribution in [0.3, 0.4) is 0 Å². The molecule has 1 heterocycles. The second kappa shape index (κ2) is 10.1. The van der Waals surface area contributed by atoms with Crippen molar-refractivity contribution in [1.82, 2.24) is 15.1 Å². The van der Waals surface area contributed by atoms with Gasteiger partial charge in [0.25, 0.3) is 0 Å². The van der Waals surface area contributed by atoms with Gasteiger partial charge in [0.05, 0.1) is 17.2 Å². The summed E-state index contributed by atoms with van der Waals surface area (Å²) in [6.07, 6.45) is 6.51. The second-order valence-corrected chi connectivity index (χ2v) is 8.93. The van der Waals surface area contributed by atoms with Crippen LogP contribution in [0.2, 0.25) is 0 Å². The van der Waals surface area contributed by atoms with Crippen LogP contribution in [0.1, 0.15) is 18.4 Å². The average Bonchev–Trinajstić information content (AvgIpc) is 3.26. The summed E-state index contributed by atoms with van der Waals surface area (Å²) in [7, 11) is -3.21. The van der Waals surface area contributed by atoms with E-state index in [1.807, 2.05) is 36.5 Å². The highest BCUT2D eigenvalue weighted by molar-refractivity contribution is 7.90. The van der Waals surface area contributed by atoms with Gasteiger partial charge in [0.2, 0.25) is 5.91 Å². The Bertz CT molecular complexity index is 1040. The fourth-order valence-corrected chi connectivity index (χ4v) is 3.51. The van der Waals surface area contributed by atoms with Crippen LogP contribution in [0.5, 0.6) is 5.75 Å². The van der Waals surface area contributed by atoms with Crippen molar-refractivity contribution in [2.75, 3.05) is 19.4 Å². The van der Waals surface area contributed by atoms with Crippen molar-refractivity contribution in [3.63, 3.8) is 0 Å². The highest BCUT2D eigenvalue weighted by atomic mass is 32.2. The summed E-state index contributed by atoms with van der Waals surface area (Å²) in [5.41, 5.74) is 2.14. The number of nitrogens with one attached hydrogen (secondary N) is 1. The lowest BCUT2D eigenvalue weighted by Gasteiger charge is -2.08. The van der Waals surface area contributed by atoms with Gasteiger partial charge in [0, 0.05) is 31.6 Å². The molecule has 0 fully saturated rings. The van der Waals surface area contributed by atoms with Gasteiger partial charge >= 0.3 is 0 Å². The molecule has 0 spiro atoms. The molecule has 0 radical (unpaired) electrons. The van der Waals surface area contributed by atoms with Crippen LogP contribution in [0, 0.1) is 0 Å². The smallest absolute Gasteiger partial charge is 0.220 e. The van der Waals surface area contributed by atoms with Crippen LogP contribution in [0.25, 0.3) is 5.69 Å². The molecule has 0 aliphatic carbocycles. The van der Waals surface area contributed by atoms with Gasteiger partial charge in [-0.05, 0) is 60.9 Å². The van der Waals surface area contributed by atoms with Crippen molar-refractivity contribution >= 4 is 15.7 Å². The lowest BCUT2D eigenvalue weighted by Crippen LogP contribution is -2.25. The van der Waals surface area contributed by atoms with Crippen LogP contribution >= 0.6 is 0 Å². The molecular formula is C22H25N3O4S. The summed E-state index contributed by atoms with van der Waals surface area (Å²) in [6.45, 7) is 0.967. The molecule has 0 aliphatic heterocycles. The van der Waals surface area contributed by atoms with Gasteiger partial charge < -0.3 is 10.1 Å². The molecule has 0 atom stereocenters. The molecule has 30 heavy (non-hydrogen) atoms. The summed E-state index contributed by atoms with van der Waals surface area (Å²) >= 11 is 0. The molecule has 2 aromatic carbocycles. The van der Waals surface area contributed by atoms with Gasteiger partial charge in [0.15, 0.2) is 9.84 Å². The normalized spacial score (nSPS) is 11.2. The summed E-state index contributed by atoms with van der Waals surface area (Å²) in [5, 5.41) is 7.11. The minimum atomic E-state index is -3.21. The van der Waals surface area contributed by atoms with Crippen LogP contribution in [0.15, 0.2) is 71.9 Å². The highest BCUT2D eigenvalue weighted by Crippen LogP contribution is 2.16. The Morgan fingerprint density at radius 1 is 1.10 bits per heavy atom. The van der Waals surface area contributed by atoms with Gasteiger partial charge in [-0.15, -0.1) is 0 Å². The zero-order valence-corrected chi connectivity index (χ0v) is 17.6. The number of amides is 1. The number of hydrogen-bond donors (Lipinski definition) is 1. The minimum Gasteiger partial charge on any atom is -0.494 e. The molecular weight excluding hydrogens is 402 g/mol. The van der Waals surface area contributed by atoms with E-state index in [9.17, 15) is 13.2 Å².